The maximum absolute atomic E-state index is 12.0. The van der Waals surface area contributed by atoms with Crippen molar-refractivity contribution in [2.24, 2.45) is 4.40 Å². The van der Waals surface area contributed by atoms with E-state index in [0.717, 1.165) is 0 Å². The molecule has 0 bridgehead atoms. The zero-order chi connectivity index (χ0) is 14.7. The van der Waals surface area contributed by atoms with Crippen molar-refractivity contribution in [1.29, 1.82) is 0 Å². The fraction of sp³-hybridized carbons (Fsp3) is 0.750. The number of nitrogens with zero attached hydrogens (tertiary/aromatic N) is 2. The number of rotatable bonds is 3. The van der Waals surface area contributed by atoms with Crippen LogP contribution in [0.1, 0.15) is 27.7 Å². The average Bonchev–Trinajstić information content (AvgIpc) is 2.23. The largest absolute Gasteiger partial charge is 0.378 e. The van der Waals surface area contributed by atoms with Gasteiger partial charge < -0.3 is 9.64 Å². The molecule has 0 amide bonds. The lowest BCUT2D eigenvalue weighted by Crippen LogP contribution is -2.44. The van der Waals surface area contributed by atoms with E-state index in [1.165, 1.54) is 0 Å². The minimum absolute atomic E-state index is 0.403. The third-order valence-corrected chi connectivity index (χ3v) is 3.62. The molecule has 0 saturated carbocycles. The lowest BCUT2D eigenvalue weighted by molar-refractivity contribution is 0.0683. The summed E-state index contributed by atoms with van der Waals surface area (Å²) in [4.78, 5) is 1.88. The summed E-state index contributed by atoms with van der Waals surface area (Å²) in [7, 11) is -3.74. The van der Waals surface area contributed by atoms with Gasteiger partial charge in [0.05, 0.1) is 13.2 Å². The molecule has 7 heteroatoms. The zero-order valence-electron chi connectivity index (χ0n) is 12.1. The van der Waals surface area contributed by atoms with Crippen molar-refractivity contribution >= 4 is 16.0 Å². The van der Waals surface area contributed by atoms with Gasteiger partial charge in [-0.25, -0.2) is 0 Å². The smallest absolute Gasteiger partial charge is 0.322 e. The molecule has 0 aromatic rings. The van der Waals surface area contributed by atoms with Crippen LogP contribution in [-0.2, 0) is 14.9 Å². The number of hydrogen-bond donors (Lipinski definition) is 1. The van der Waals surface area contributed by atoms with Crippen LogP contribution in [-0.4, -0.2) is 51.0 Å². The molecule has 1 fully saturated rings. The fourth-order valence-electron chi connectivity index (χ4n) is 1.70. The number of amidine groups is 1. The van der Waals surface area contributed by atoms with Crippen molar-refractivity contribution in [2.45, 2.75) is 33.2 Å². The quantitative estimate of drug-likeness (QED) is 0.619. The van der Waals surface area contributed by atoms with Crippen LogP contribution in [0.3, 0.4) is 0 Å². The average molecular weight is 289 g/mol. The molecule has 0 spiro atoms. The highest BCUT2D eigenvalue weighted by atomic mass is 32.2. The second-order valence-electron chi connectivity index (χ2n) is 5.62. The summed E-state index contributed by atoms with van der Waals surface area (Å²) < 4.78 is 35.6. The molecule has 0 radical (unpaired) electrons. The summed E-state index contributed by atoms with van der Waals surface area (Å²) in [5, 5.41) is 0. The van der Waals surface area contributed by atoms with Gasteiger partial charge in [-0.15, -0.1) is 4.40 Å². The van der Waals surface area contributed by atoms with Crippen LogP contribution in [0.15, 0.2) is 16.5 Å². The number of ether oxygens (including phenoxy) is 1. The van der Waals surface area contributed by atoms with Gasteiger partial charge in [0.15, 0.2) is 0 Å². The van der Waals surface area contributed by atoms with Gasteiger partial charge >= 0.3 is 10.2 Å². The third kappa shape index (κ3) is 5.71. The Bertz CT molecular complexity index is 457. The molecule has 110 valence electrons. The van der Waals surface area contributed by atoms with E-state index in [9.17, 15) is 8.42 Å². The Hall–Kier alpha value is -0.920. The van der Waals surface area contributed by atoms with E-state index in [2.05, 4.69) is 15.7 Å². The van der Waals surface area contributed by atoms with Crippen LogP contribution in [0.5, 0.6) is 0 Å². The van der Waals surface area contributed by atoms with Crippen LogP contribution in [0.25, 0.3) is 0 Å². The molecule has 19 heavy (non-hydrogen) atoms. The molecule has 1 saturated heterocycles. The van der Waals surface area contributed by atoms with Crippen LogP contribution in [0.4, 0.5) is 0 Å². The Kier molecular flexibility index (Phi) is 5.11. The summed E-state index contributed by atoms with van der Waals surface area (Å²) in [6.07, 6.45) is 0. The lowest BCUT2D eigenvalue weighted by Gasteiger charge is -2.30. The summed E-state index contributed by atoms with van der Waals surface area (Å²) in [5.74, 6) is 0.403. The second kappa shape index (κ2) is 6.02. The van der Waals surface area contributed by atoms with Crippen molar-refractivity contribution in [3.05, 3.63) is 12.2 Å². The van der Waals surface area contributed by atoms with Gasteiger partial charge in [-0.05, 0) is 33.3 Å². The van der Waals surface area contributed by atoms with E-state index in [1.807, 2.05) is 4.90 Å². The molecule has 1 aliphatic heterocycles. The summed E-state index contributed by atoms with van der Waals surface area (Å²) in [5.41, 5.74) is 0.0641. The number of hydrogen-bond acceptors (Lipinski definition) is 3. The highest BCUT2D eigenvalue weighted by Gasteiger charge is 2.23. The van der Waals surface area contributed by atoms with Gasteiger partial charge in [-0.2, -0.15) is 13.1 Å². The van der Waals surface area contributed by atoms with E-state index in [-0.39, 0.29) is 0 Å². The van der Waals surface area contributed by atoms with Crippen LogP contribution in [0.2, 0.25) is 0 Å². The molecule has 0 aromatic carbocycles. The lowest BCUT2D eigenvalue weighted by atomic mass is 10.1. The molecular weight excluding hydrogens is 266 g/mol. The first-order valence-corrected chi connectivity index (χ1v) is 7.67. The minimum atomic E-state index is -3.74. The second-order valence-corrected chi connectivity index (χ2v) is 6.96. The molecule has 0 unspecified atom stereocenters. The minimum Gasteiger partial charge on any atom is -0.378 e. The highest BCUT2D eigenvalue weighted by molar-refractivity contribution is 7.88. The fourth-order valence-corrected chi connectivity index (χ4v) is 3.02. The first-order valence-electron chi connectivity index (χ1n) is 6.23. The Morgan fingerprint density at radius 2 is 1.84 bits per heavy atom. The molecule has 6 nitrogen and oxygen atoms in total. The molecule has 0 aromatic heterocycles. The summed E-state index contributed by atoms with van der Waals surface area (Å²) in [6.45, 7) is 13.3. The predicted octanol–water partition coefficient (Wildman–Crippen LogP) is 0.926. The first kappa shape index (κ1) is 16.1. The van der Waals surface area contributed by atoms with E-state index in [0.29, 0.717) is 37.7 Å². The molecule has 0 aliphatic carbocycles. The molecule has 1 rings (SSSR count). The molecular formula is C12H23N3O3S. The standard InChI is InChI=1S/C12H23N3O3S/c1-10(2)11(15-6-8-18-9-7-15)13-19(16,17)14-12(3,4)5/h14H,1,6-9H2,2-5H3/b13-11+. The highest BCUT2D eigenvalue weighted by Crippen LogP contribution is 2.09. The Labute approximate surface area is 115 Å². The summed E-state index contributed by atoms with van der Waals surface area (Å²) >= 11 is 0. The number of morpholine rings is 1. The van der Waals surface area contributed by atoms with Crippen LogP contribution in [0, 0.1) is 0 Å². The van der Waals surface area contributed by atoms with E-state index in [1.54, 1.807) is 27.7 Å². The molecule has 1 N–H and O–H groups in total. The van der Waals surface area contributed by atoms with Crippen molar-refractivity contribution < 1.29 is 13.2 Å². The van der Waals surface area contributed by atoms with Gasteiger partial charge in [-0.1, -0.05) is 6.58 Å². The van der Waals surface area contributed by atoms with E-state index < -0.39 is 15.7 Å². The third-order valence-electron chi connectivity index (χ3n) is 2.33. The SMILES string of the molecule is C=C(C)/C(=N\S(=O)(=O)NC(C)(C)C)N1CCOCC1. The van der Waals surface area contributed by atoms with Crippen molar-refractivity contribution in [3.63, 3.8) is 0 Å². The van der Waals surface area contributed by atoms with Crippen LogP contribution >= 0.6 is 0 Å². The molecule has 0 atom stereocenters. The van der Waals surface area contributed by atoms with E-state index in [4.69, 9.17) is 4.74 Å². The zero-order valence-corrected chi connectivity index (χ0v) is 12.9. The Balaban J connectivity index is 2.98. The predicted molar refractivity (Wildman–Crippen MR) is 76.4 cm³/mol. The van der Waals surface area contributed by atoms with Gasteiger partial charge in [-0.3, -0.25) is 0 Å². The first-order chi connectivity index (χ1) is 8.61. The van der Waals surface area contributed by atoms with Gasteiger partial charge in [0.2, 0.25) is 0 Å². The van der Waals surface area contributed by atoms with Crippen molar-refractivity contribution in [2.75, 3.05) is 26.3 Å². The Morgan fingerprint density at radius 3 is 2.26 bits per heavy atom. The Morgan fingerprint density at radius 1 is 1.32 bits per heavy atom. The van der Waals surface area contributed by atoms with Gasteiger partial charge in [0.25, 0.3) is 0 Å². The van der Waals surface area contributed by atoms with Crippen molar-refractivity contribution in [1.82, 2.24) is 9.62 Å². The topological polar surface area (TPSA) is 71.0 Å². The summed E-state index contributed by atoms with van der Waals surface area (Å²) in [6, 6.07) is 0. The van der Waals surface area contributed by atoms with Crippen LogP contribution < -0.4 is 4.72 Å². The van der Waals surface area contributed by atoms with Gasteiger partial charge in [0, 0.05) is 18.6 Å². The molecule has 1 heterocycles. The van der Waals surface area contributed by atoms with Crippen molar-refractivity contribution in [3.8, 4) is 0 Å². The molecule has 1 aliphatic rings. The van der Waals surface area contributed by atoms with E-state index >= 15 is 0 Å². The number of nitrogens with one attached hydrogen (secondary N) is 1. The monoisotopic (exact) mass is 289 g/mol. The van der Waals surface area contributed by atoms with Gasteiger partial charge in [0.1, 0.15) is 5.84 Å². The normalized spacial score (nSPS) is 18.5. The maximum Gasteiger partial charge on any atom is 0.322 e. The maximum atomic E-state index is 12.0.